The molecule has 0 aromatic carbocycles. The third kappa shape index (κ3) is 4.95. The number of hydrogen-bond donors (Lipinski definition) is 0. The topological polar surface area (TPSA) is 40.1 Å². The van der Waals surface area contributed by atoms with Crippen molar-refractivity contribution in [2.75, 3.05) is 0 Å². The van der Waals surface area contributed by atoms with Gasteiger partial charge >= 0.3 is 0 Å². The summed E-state index contributed by atoms with van der Waals surface area (Å²) in [5, 5.41) is 9.46. The van der Waals surface area contributed by atoms with Crippen LogP contribution in [0.2, 0.25) is 0 Å². The molecule has 0 N–H and O–H groups in total. The molecular weight excluding hydrogens is 92.1 g/mol. The van der Waals surface area contributed by atoms with Crippen LogP contribution in [0, 0.1) is 0 Å². The van der Waals surface area contributed by atoms with Gasteiger partial charge in [-0.25, -0.2) is 0 Å². The van der Waals surface area contributed by atoms with Crippen molar-refractivity contribution in [1.29, 1.82) is 0 Å². The molecule has 0 spiro atoms. The minimum atomic E-state index is 0.611. The molecule has 7 heavy (non-hydrogen) atoms. The quantitative estimate of drug-likeness (QED) is 0.204. The Labute approximate surface area is 41.8 Å². The molecule has 0 atom stereocenters. The zero-order chi connectivity index (χ0) is 5.54. The van der Waals surface area contributed by atoms with E-state index in [9.17, 15) is 9.90 Å². The highest BCUT2D eigenvalue weighted by Gasteiger charge is 1.53. The largest absolute Gasteiger partial charge is 0.878 e. The third-order valence-corrected chi connectivity index (χ3v) is 0.379. The summed E-state index contributed by atoms with van der Waals surface area (Å²) in [5.41, 5.74) is 0. The van der Waals surface area contributed by atoms with E-state index in [-0.39, 0.29) is 0 Å². The first kappa shape index (κ1) is 5.95. The van der Waals surface area contributed by atoms with Gasteiger partial charge in [-0.2, -0.15) is 0 Å². The summed E-state index contributed by atoms with van der Waals surface area (Å²) < 4.78 is 0. The van der Waals surface area contributed by atoms with Gasteiger partial charge in [0.2, 0.25) is 0 Å². The van der Waals surface area contributed by atoms with Crippen LogP contribution in [0.4, 0.5) is 0 Å². The molecule has 0 bridgehead atoms. The zero-order valence-electron chi connectivity index (χ0n) is 3.70. The Morgan fingerprint density at radius 2 is 1.86 bits per heavy atom. The van der Waals surface area contributed by atoms with Gasteiger partial charge in [0, 0.05) is 0 Å². The summed E-state index contributed by atoms with van der Waals surface area (Å²) in [5.74, 6) is 0. The molecule has 2 nitrogen and oxygen atoms in total. The van der Waals surface area contributed by atoms with E-state index >= 15 is 0 Å². The maximum Gasteiger partial charge on any atom is 0.142 e. The van der Waals surface area contributed by atoms with Gasteiger partial charge in [-0.05, 0) is 6.08 Å². The average molecular weight is 97.1 g/mol. The lowest BCUT2D eigenvalue weighted by molar-refractivity contribution is -0.274. The van der Waals surface area contributed by atoms with Crippen molar-refractivity contribution in [1.82, 2.24) is 0 Å². The summed E-state index contributed by atoms with van der Waals surface area (Å²) in [6.07, 6.45) is 5.09. The minimum Gasteiger partial charge on any atom is -0.878 e. The Balaban J connectivity index is 3.27. The van der Waals surface area contributed by atoms with Gasteiger partial charge in [-0.15, -0.1) is 6.26 Å². The maximum atomic E-state index is 9.46. The molecule has 0 aliphatic carbocycles. The van der Waals surface area contributed by atoms with Crippen molar-refractivity contribution in [2.24, 2.45) is 0 Å². The van der Waals surface area contributed by atoms with Gasteiger partial charge in [-0.1, -0.05) is 12.2 Å². The van der Waals surface area contributed by atoms with Crippen LogP contribution in [0.25, 0.3) is 0 Å². The second kappa shape index (κ2) is 4.95. The van der Waals surface area contributed by atoms with E-state index in [0.29, 0.717) is 12.5 Å². The summed E-state index contributed by atoms with van der Waals surface area (Å²) in [6.45, 7) is 0. The Kier molecular flexibility index (Phi) is 4.21. The second-order valence-electron chi connectivity index (χ2n) is 0.850. The number of carbonyl (C=O) groups excluding carboxylic acids is 1. The highest BCUT2D eigenvalue weighted by atomic mass is 16.2. The molecule has 0 aliphatic heterocycles. The Bertz CT molecular complexity index is 92.3. The minimum absolute atomic E-state index is 0.611. The Morgan fingerprint density at radius 1 is 1.14 bits per heavy atom. The lowest BCUT2D eigenvalue weighted by Gasteiger charge is -1.79. The van der Waals surface area contributed by atoms with Crippen LogP contribution < -0.4 is 5.11 Å². The second-order valence-corrected chi connectivity index (χ2v) is 0.850. The molecular formula is C5H5O2-. The molecule has 2 heteroatoms. The van der Waals surface area contributed by atoms with Crippen molar-refractivity contribution in [3.8, 4) is 0 Å². The van der Waals surface area contributed by atoms with E-state index in [1.807, 2.05) is 0 Å². The highest BCUT2D eigenvalue weighted by molar-refractivity contribution is 5.65. The van der Waals surface area contributed by atoms with Crippen molar-refractivity contribution in [3.63, 3.8) is 0 Å². The summed E-state index contributed by atoms with van der Waals surface area (Å²) in [6, 6.07) is 0. The smallest absolute Gasteiger partial charge is 0.142 e. The fourth-order valence-corrected chi connectivity index (χ4v) is 0.155. The molecule has 0 rings (SSSR count). The third-order valence-electron chi connectivity index (χ3n) is 0.379. The van der Waals surface area contributed by atoms with Crippen molar-refractivity contribution >= 4 is 6.29 Å². The summed E-state index contributed by atoms with van der Waals surface area (Å²) in [7, 11) is 0. The molecule has 0 radical (unpaired) electrons. The van der Waals surface area contributed by atoms with E-state index in [4.69, 9.17) is 0 Å². The van der Waals surface area contributed by atoms with Crippen LogP contribution in [0.5, 0.6) is 0 Å². The van der Waals surface area contributed by atoms with Crippen molar-refractivity contribution in [2.45, 2.75) is 0 Å². The molecule has 0 aromatic heterocycles. The van der Waals surface area contributed by atoms with E-state index in [1.54, 1.807) is 0 Å². The highest BCUT2D eigenvalue weighted by Crippen LogP contribution is 1.66. The monoisotopic (exact) mass is 97.0 g/mol. The van der Waals surface area contributed by atoms with E-state index in [2.05, 4.69) is 0 Å². The summed E-state index contributed by atoms with van der Waals surface area (Å²) in [4.78, 5) is 9.46. The van der Waals surface area contributed by atoms with Crippen molar-refractivity contribution in [3.05, 3.63) is 24.5 Å². The van der Waals surface area contributed by atoms with Crippen LogP contribution in [0.15, 0.2) is 24.5 Å². The molecule has 0 saturated carbocycles. The predicted octanol–water partition coefficient (Wildman–Crippen LogP) is -0.385. The SMILES string of the molecule is O=C/C=C/C=C/[O-]. The van der Waals surface area contributed by atoms with E-state index < -0.39 is 0 Å². The normalized spacial score (nSPS) is 10.9. The molecule has 0 unspecified atom stereocenters. The number of rotatable bonds is 2. The van der Waals surface area contributed by atoms with E-state index in [1.165, 1.54) is 18.2 Å². The molecule has 0 aliphatic rings. The lowest BCUT2D eigenvalue weighted by atomic mass is 10.5. The van der Waals surface area contributed by atoms with Gasteiger partial charge in [0.1, 0.15) is 6.29 Å². The van der Waals surface area contributed by atoms with Crippen LogP contribution in [-0.4, -0.2) is 6.29 Å². The first-order valence-electron chi connectivity index (χ1n) is 1.80. The molecule has 0 saturated heterocycles. The molecule has 38 valence electrons. The lowest BCUT2D eigenvalue weighted by Crippen LogP contribution is -1.82. The van der Waals surface area contributed by atoms with E-state index in [0.717, 1.165) is 0 Å². The molecule has 0 heterocycles. The number of allylic oxidation sites excluding steroid dienone is 3. The number of hydrogen-bond acceptors (Lipinski definition) is 2. The number of aldehydes is 1. The van der Waals surface area contributed by atoms with Crippen LogP contribution >= 0.6 is 0 Å². The van der Waals surface area contributed by atoms with Gasteiger partial charge in [0.25, 0.3) is 0 Å². The average Bonchev–Trinajstić information content (AvgIpc) is 1.69. The molecule has 0 fully saturated rings. The molecule has 0 amide bonds. The maximum absolute atomic E-state index is 9.46. The van der Waals surface area contributed by atoms with Gasteiger partial charge in [-0.3, -0.25) is 4.79 Å². The predicted molar refractivity (Wildman–Crippen MR) is 24.3 cm³/mol. The van der Waals surface area contributed by atoms with Crippen molar-refractivity contribution < 1.29 is 9.90 Å². The van der Waals surface area contributed by atoms with Gasteiger partial charge in [0.05, 0.1) is 0 Å². The first-order chi connectivity index (χ1) is 3.41. The standard InChI is InChI=1S/C5H6O2/c6-4-2-1-3-5-7/h1-6H/p-1/b3-1+,4-2+. The van der Waals surface area contributed by atoms with Gasteiger partial charge < -0.3 is 5.11 Å². The van der Waals surface area contributed by atoms with Crippen LogP contribution in [0.3, 0.4) is 0 Å². The fraction of sp³-hybridized carbons (Fsp3) is 0. The zero-order valence-corrected chi connectivity index (χ0v) is 3.70. The summed E-state index contributed by atoms with van der Waals surface area (Å²) >= 11 is 0. The van der Waals surface area contributed by atoms with Crippen LogP contribution in [-0.2, 0) is 4.79 Å². The Morgan fingerprint density at radius 3 is 2.29 bits per heavy atom. The van der Waals surface area contributed by atoms with Gasteiger partial charge in [0.15, 0.2) is 0 Å². The van der Waals surface area contributed by atoms with Crippen LogP contribution in [0.1, 0.15) is 0 Å². The Hall–Kier alpha value is -1.05. The first-order valence-corrected chi connectivity index (χ1v) is 1.80. The number of carbonyl (C=O) groups is 1. The molecule has 0 aromatic rings. The fourth-order valence-electron chi connectivity index (χ4n) is 0.155.